The van der Waals surface area contributed by atoms with E-state index in [1.165, 1.54) is 29.2 Å². The lowest BCUT2D eigenvalue weighted by atomic mass is 10.1. The minimum atomic E-state index is -3.77. The first kappa shape index (κ1) is 26.3. The van der Waals surface area contributed by atoms with Crippen LogP contribution in [-0.2, 0) is 26.2 Å². The van der Waals surface area contributed by atoms with Crippen LogP contribution < -0.4 is 9.62 Å². The van der Waals surface area contributed by atoms with Crippen LogP contribution in [0, 0.1) is 12.7 Å². The van der Waals surface area contributed by atoms with Crippen molar-refractivity contribution in [2.45, 2.75) is 52.7 Å². The maximum atomic E-state index is 13.4. The summed E-state index contributed by atoms with van der Waals surface area (Å²) in [5.74, 6) is -1.31. The molecule has 33 heavy (non-hydrogen) atoms. The van der Waals surface area contributed by atoms with Crippen LogP contribution in [0.4, 0.5) is 10.1 Å². The molecule has 2 aromatic rings. The SMILES string of the molecule is CC[C@@H](C)NC(=O)[C@@H](C)N(Cc1ccc(F)cc1)C(=O)CN(c1ccc(C)cc1)S(C)(=O)=O. The average Bonchev–Trinajstić information content (AvgIpc) is 2.76. The molecule has 0 heterocycles. The number of rotatable bonds is 10. The lowest BCUT2D eigenvalue weighted by molar-refractivity contribution is -0.139. The molecule has 180 valence electrons. The third kappa shape index (κ3) is 7.56. The standard InChI is InChI=1S/C24H32FN3O4S/c1-6-18(3)26-24(30)19(4)27(15-20-9-11-21(25)12-10-20)23(29)16-28(33(5,31)32)22-13-7-17(2)8-14-22/h7-14,18-19H,6,15-16H2,1-5H3,(H,26,30)/t18-,19-/m1/s1. The Morgan fingerprint density at radius 2 is 1.61 bits per heavy atom. The number of hydrogen-bond donors (Lipinski definition) is 1. The molecule has 0 unspecified atom stereocenters. The lowest BCUT2D eigenvalue weighted by Crippen LogP contribution is -2.52. The Morgan fingerprint density at radius 3 is 2.12 bits per heavy atom. The van der Waals surface area contributed by atoms with Crippen molar-refractivity contribution in [3.63, 3.8) is 0 Å². The molecule has 0 bridgehead atoms. The maximum absolute atomic E-state index is 13.4. The fourth-order valence-corrected chi connectivity index (χ4v) is 4.01. The van der Waals surface area contributed by atoms with Crippen molar-refractivity contribution in [3.8, 4) is 0 Å². The van der Waals surface area contributed by atoms with Crippen LogP contribution >= 0.6 is 0 Å². The van der Waals surface area contributed by atoms with Crippen molar-refractivity contribution in [2.75, 3.05) is 17.1 Å². The molecular weight excluding hydrogens is 445 g/mol. The van der Waals surface area contributed by atoms with Crippen molar-refractivity contribution in [3.05, 3.63) is 65.5 Å². The van der Waals surface area contributed by atoms with Crippen molar-refractivity contribution >= 4 is 27.5 Å². The van der Waals surface area contributed by atoms with Crippen molar-refractivity contribution in [1.29, 1.82) is 0 Å². The number of hydrogen-bond acceptors (Lipinski definition) is 4. The van der Waals surface area contributed by atoms with Gasteiger partial charge < -0.3 is 10.2 Å². The van der Waals surface area contributed by atoms with Gasteiger partial charge in [-0.3, -0.25) is 13.9 Å². The first-order valence-electron chi connectivity index (χ1n) is 10.8. The number of sulfonamides is 1. The van der Waals surface area contributed by atoms with Gasteiger partial charge in [-0.05, 0) is 57.0 Å². The van der Waals surface area contributed by atoms with Gasteiger partial charge in [-0.15, -0.1) is 0 Å². The summed E-state index contributed by atoms with van der Waals surface area (Å²) in [7, 11) is -3.77. The molecule has 0 radical (unpaired) electrons. The summed E-state index contributed by atoms with van der Waals surface area (Å²) in [4.78, 5) is 27.5. The van der Waals surface area contributed by atoms with Gasteiger partial charge in [0.1, 0.15) is 18.4 Å². The summed E-state index contributed by atoms with van der Waals surface area (Å²) < 4.78 is 39.4. The van der Waals surface area contributed by atoms with Gasteiger partial charge in [-0.2, -0.15) is 0 Å². The largest absolute Gasteiger partial charge is 0.352 e. The Kier molecular flexibility index (Phi) is 8.99. The molecule has 0 saturated heterocycles. The van der Waals surface area contributed by atoms with E-state index in [-0.39, 0.29) is 18.5 Å². The van der Waals surface area contributed by atoms with Crippen LogP contribution in [0.25, 0.3) is 0 Å². The van der Waals surface area contributed by atoms with E-state index in [1.54, 1.807) is 31.2 Å². The summed E-state index contributed by atoms with van der Waals surface area (Å²) >= 11 is 0. The first-order chi connectivity index (χ1) is 15.4. The highest BCUT2D eigenvalue weighted by molar-refractivity contribution is 7.92. The zero-order valence-corrected chi connectivity index (χ0v) is 20.5. The smallest absolute Gasteiger partial charge is 0.244 e. The quantitative estimate of drug-likeness (QED) is 0.569. The molecular formula is C24H32FN3O4S. The zero-order chi connectivity index (χ0) is 24.8. The second-order valence-electron chi connectivity index (χ2n) is 8.25. The van der Waals surface area contributed by atoms with Gasteiger partial charge in [-0.1, -0.05) is 36.8 Å². The Balaban J connectivity index is 2.36. The summed E-state index contributed by atoms with van der Waals surface area (Å²) in [5, 5.41) is 2.86. The van der Waals surface area contributed by atoms with Crippen LogP contribution in [0.5, 0.6) is 0 Å². The average molecular weight is 478 g/mol. The van der Waals surface area contributed by atoms with E-state index in [2.05, 4.69) is 5.32 Å². The molecule has 0 aliphatic carbocycles. The molecule has 0 aliphatic heterocycles. The number of nitrogens with one attached hydrogen (secondary N) is 1. The molecule has 0 saturated carbocycles. The summed E-state index contributed by atoms with van der Waals surface area (Å²) in [5.41, 5.74) is 1.93. The Bertz CT molecular complexity index is 1060. The molecule has 0 aromatic heterocycles. The molecule has 7 nitrogen and oxygen atoms in total. The van der Waals surface area contributed by atoms with Gasteiger partial charge in [0.05, 0.1) is 11.9 Å². The van der Waals surface area contributed by atoms with Crippen LogP contribution in [-0.4, -0.2) is 50.0 Å². The van der Waals surface area contributed by atoms with Crippen molar-refractivity contribution in [2.24, 2.45) is 0 Å². The van der Waals surface area contributed by atoms with E-state index < -0.39 is 34.3 Å². The number of aryl methyl sites for hydroxylation is 1. The number of anilines is 1. The Hall–Kier alpha value is -2.94. The van der Waals surface area contributed by atoms with E-state index in [0.29, 0.717) is 11.3 Å². The molecule has 0 spiro atoms. The normalized spacial score (nSPS) is 13.2. The third-order valence-corrected chi connectivity index (χ3v) is 6.58. The first-order valence-corrected chi connectivity index (χ1v) is 12.7. The van der Waals surface area contributed by atoms with Crippen LogP contribution in [0.15, 0.2) is 48.5 Å². The molecule has 2 rings (SSSR count). The number of amides is 2. The van der Waals surface area contributed by atoms with Gasteiger partial charge in [0, 0.05) is 12.6 Å². The maximum Gasteiger partial charge on any atom is 0.244 e. The molecule has 2 atom stereocenters. The second-order valence-corrected chi connectivity index (χ2v) is 10.2. The summed E-state index contributed by atoms with van der Waals surface area (Å²) in [6.07, 6.45) is 1.75. The fourth-order valence-electron chi connectivity index (χ4n) is 3.16. The number of benzene rings is 2. The van der Waals surface area contributed by atoms with Crippen LogP contribution in [0.1, 0.15) is 38.3 Å². The van der Waals surface area contributed by atoms with Crippen LogP contribution in [0.3, 0.4) is 0 Å². The zero-order valence-electron chi connectivity index (χ0n) is 19.7. The third-order valence-electron chi connectivity index (χ3n) is 5.44. The molecule has 9 heteroatoms. The molecule has 0 fully saturated rings. The summed E-state index contributed by atoms with van der Waals surface area (Å²) in [6.45, 7) is 6.82. The second kappa shape index (κ2) is 11.3. The van der Waals surface area contributed by atoms with Gasteiger partial charge in [-0.25, -0.2) is 12.8 Å². The lowest BCUT2D eigenvalue weighted by Gasteiger charge is -2.32. The number of nitrogens with zero attached hydrogens (tertiary/aromatic N) is 2. The van der Waals surface area contributed by atoms with E-state index in [1.807, 2.05) is 20.8 Å². The van der Waals surface area contributed by atoms with Crippen molar-refractivity contribution in [1.82, 2.24) is 10.2 Å². The molecule has 1 N–H and O–H groups in total. The van der Waals surface area contributed by atoms with Gasteiger partial charge in [0.2, 0.25) is 21.8 Å². The Labute approximate surface area is 195 Å². The molecule has 2 aromatic carbocycles. The van der Waals surface area contributed by atoms with Crippen LogP contribution in [0.2, 0.25) is 0 Å². The predicted octanol–water partition coefficient (Wildman–Crippen LogP) is 3.23. The number of carbonyl (C=O) groups excluding carboxylic acids is 2. The highest BCUT2D eigenvalue weighted by atomic mass is 32.2. The molecule has 0 aliphatic rings. The topological polar surface area (TPSA) is 86.8 Å². The van der Waals surface area contributed by atoms with Gasteiger partial charge in [0.25, 0.3) is 0 Å². The highest BCUT2D eigenvalue weighted by Crippen LogP contribution is 2.20. The van der Waals surface area contributed by atoms with Gasteiger partial charge in [0.15, 0.2) is 0 Å². The van der Waals surface area contributed by atoms with E-state index in [9.17, 15) is 22.4 Å². The number of carbonyl (C=O) groups is 2. The number of halogens is 1. The fraction of sp³-hybridized carbons (Fsp3) is 0.417. The predicted molar refractivity (Wildman–Crippen MR) is 128 cm³/mol. The van der Waals surface area contributed by atoms with E-state index in [0.717, 1.165) is 22.5 Å². The minimum Gasteiger partial charge on any atom is -0.352 e. The Morgan fingerprint density at radius 1 is 1.03 bits per heavy atom. The summed E-state index contributed by atoms with van der Waals surface area (Å²) in [6, 6.07) is 11.5. The minimum absolute atomic E-state index is 0.0275. The highest BCUT2D eigenvalue weighted by Gasteiger charge is 2.30. The van der Waals surface area contributed by atoms with Crippen molar-refractivity contribution < 1.29 is 22.4 Å². The van der Waals surface area contributed by atoms with E-state index >= 15 is 0 Å². The molecule has 2 amide bonds. The van der Waals surface area contributed by atoms with Gasteiger partial charge >= 0.3 is 0 Å². The van der Waals surface area contributed by atoms with E-state index in [4.69, 9.17) is 0 Å². The monoisotopic (exact) mass is 477 g/mol.